The molecule has 0 fully saturated rings. The Morgan fingerprint density at radius 3 is 1.19 bits per heavy atom. The van der Waals surface area contributed by atoms with Crippen molar-refractivity contribution < 1.29 is 69.8 Å². The van der Waals surface area contributed by atoms with E-state index in [4.69, 9.17) is 0 Å². The quantitative estimate of drug-likeness (QED) is 0.0837. The number of aryl methyl sites for hydroxylation is 17. The van der Waals surface area contributed by atoms with Gasteiger partial charge in [-0.25, -0.2) is 0 Å². The summed E-state index contributed by atoms with van der Waals surface area (Å²) in [5.41, 5.74) is 40.4. The topological polar surface area (TPSA) is 21.8 Å². The number of hydrogen-bond acceptors (Lipinski definition) is 8. The van der Waals surface area contributed by atoms with Gasteiger partial charge in [0.1, 0.15) is 10.0 Å². The van der Waals surface area contributed by atoms with Crippen LogP contribution in [0.15, 0.2) is 327 Å². The molecule has 660 valence electrons. The molecule has 18 heteroatoms. The Kier molecular flexibility index (Phi) is 36.8. The Bertz CT molecular complexity index is 7070. The first-order valence-corrected chi connectivity index (χ1v) is 50.2. The fourth-order valence-corrected chi connectivity index (χ4v) is 25.4. The van der Waals surface area contributed by atoms with E-state index in [9.17, 15) is 0 Å². The maximum atomic E-state index is 3.86. The molecule has 1 N–H and O–H groups in total. The molecule has 2 aliphatic heterocycles. The Morgan fingerprint density at radius 1 is 0.338 bits per heavy atom. The van der Waals surface area contributed by atoms with E-state index in [0.717, 1.165) is 41.2 Å². The molecular formula is C115H105B2Br5IKMgN4S4. The SMILES string of the molecule is Brc1cc2ccccc2s1.Cc1[c-]c(C)cc(C)c1.Cc1cc(C)c(B2c3cc(C)ccc3N3c4sc5ccccc5c4B(c4c(C)cc(C)cc4C)c4cc(C)cc2c43)c(C)c1.Cc1ccc(N(c2ccc(C)cc2)c2cc3ccccc3s2)cc1.Cc1ccc(N(c2ccc(C)cc2Br)c2sc3ccccc3c2Br)c(Br)c1.Cc1ccc(Nc2ccc(C)cc2)cc1.I.[Br-].[H-].[K+].[Mg+2]. The van der Waals surface area contributed by atoms with Crippen molar-refractivity contribution in [3.05, 3.63) is 427 Å². The van der Waals surface area contributed by atoms with Crippen LogP contribution < -0.4 is 121 Å². The molecule has 0 bridgehead atoms. The molecule has 21 rings (SSSR count). The molecular weight excluding hydrogens is 2180 g/mol. The van der Waals surface area contributed by atoms with Crippen LogP contribution in [0.5, 0.6) is 0 Å². The van der Waals surface area contributed by atoms with Crippen LogP contribution >= 0.6 is 133 Å². The first kappa shape index (κ1) is 105. The Morgan fingerprint density at radius 2 is 0.722 bits per heavy atom. The van der Waals surface area contributed by atoms with E-state index in [1.165, 1.54) is 204 Å². The molecule has 133 heavy (non-hydrogen) atoms. The van der Waals surface area contributed by atoms with E-state index >= 15 is 0 Å². The zero-order valence-corrected chi connectivity index (χ0v) is 96.6. The molecule has 15 aromatic carbocycles. The summed E-state index contributed by atoms with van der Waals surface area (Å²) in [7, 11) is 0. The summed E-state index contributed by atoms with van der Waals surface area (Å²) in [6.07, 6.45) is 0. The molecule has 0 saturated carbocycles. The molecule has 2 aliphatic rings. The normalized spacial score (nSPS) is 11.2. The summed E-state index contributed by atoms with van der Waals surface area (Å²) >= 11 is 22.2. The van der Waals surface area contributed by atoms with Gasteiger partial charge in [-0.2, -0.15) is 34.9 Å². The van der Waals surface area contributed by atoms with E-state index in [1.54, 1.807) is 22.7 Å². The fourth-order valence-electron chi connectivity index (χ4n) is 18.1. The van der Waals surface area contributed by atoms with Gasteiger partial charge in [0, 0.05) is 67.3 Å². The van der Waals surface area contributed by atoms with Crippen LogP contribution in [0.4, 0.5) is 60.5 Å². The first-order chi connectivity index (χ1) is 62.1. The molecule has 0 spiro atoms. The summed E-state index contributed by atoms with van der Waals surface area (Å²) in [6.45, 7) is 37.5. The molecule has 19 aromatic rings. The third kappa shape index (κ3) is 24.1. The van der Waals surface area contributed by atoms with Crippen LogP contribution in [-0.2, 0) is 0 Å². The van der Waals surface area contributed by atoms with Crippen LogP contribution in [0, 0.1) is 124 Å². The number of hydrogen-bond donors (Lipinski definition) is 1. The van der Waals surface area contributed by atoms with Gasteiger partial charge in [-0.3, -0.25) is 4.90 Å². The van der Waals surface area contributed by atoms with E-state index in [2.05, 4.69) is 517 Å². The minimum absolute atomic E-state index is 0. The average molecular weight is 2280 g/mol. The fraction of sp³-hybridized carbons (Fsp3) is 0.148. The first-order valence-electron chi connectivity index (χ1n) is 43.7. The molecule has 0 atom stereocenters. The minimum Gasteiger partial charge on any atom is -1.00 e. The third-order valence-corrected chi connectivity index (χ3v) is 31.1. The van der Waals surface area contributed by atoms with Gasteiger partial charge in [-0.15, -0.1) is 69.3 Å². The number of fused-ring (bicyclic) bond motifs is 9. The Hall–Kier alpha value is -7.00. The van der Waals surface area contributed by atoms with Gasteiger partial charge in [-0.05, 0) is 325 Å². The van der Waals surface area contributed by atoms with Crippen molar-refractivity contribution in [3.8, 4) is 0 Å². The smallest absolute Gasteiger partial charge is 1.00 e. The molecule has 0 amide bonds. The maximum Gasteiger partial charge on any atom is 2.00 e. The number of rotatable bonds is 10. The van der Waals surface area contributed by atoms with Gasteiger partial charge in [0.05, 0.1) is 24.6 Å². The number of nitrogens with zero attached hydrogens (tertiary/aromatic N) is 3. The summed E-state index contributed by atoms with van der Waals surface area (Å²) in [5, 5.41) is 12.3. The molecule has 0 saturated heterocycles. The second-order valence-corrected chi connectivity index (χ2v) is 42.6. The van der Waals surface area contributed by atoms with E-state index in [0.29, 0.717) is 0 Å². The molecule has 4 nitrogen and oxygen atoms in total. The van der Waals surface area contributed by atoms with Crippen LogP contribution in [0.3, 0.4) is 0 Å². The molecule has 0 radical (unpaired) electrons. The van der Waals surface area contributed by atoms with Crippen molar-refractivity contribution in [1.82, 2.24) is 0 Å². The van der Waals surface area contributed by atoms with Crippen LogP contribution in [0.2, 0.25) is 0 Å². The van der Waals surface area contributed by atoms with Crippen LogP contribution in [-0.4, -0.2) is 36.5 Å². The van der Waals surface area contributed by atoms with Crippen molar-refractivity contribution >= 4 is 303 Å². The van der Waals surface area contributed by atoms with Crippen molar-refractivity contribution in [1.29, 1.82) is 0 Å². The predicted molar refractivity (Wildman–Crippen MR) is 609 cm³/mol. The van der Waals surface area contributed by atoms with Crippen molar-refractivity contribution in [2.45, 2.75) is 118 Å². The van der Waals surface area contributed by atoms with E-state index in [1.807, 2.05) is 22.7 Å². The minimum atomic E-state index is 0. The number of halogens is 6. The summed E-state index contributed by atoms with van der Waals surface area (Å²) < 4.78 is 9.73. The van der Waals surface area contributed by atoms with Gasteiger partial charge in [0.15, 0.2) is 0 Å². The van der Waals surface area contributed by atoms with Crippen LogP contribution in [0.25, 0.3) is 40.3 Å². The number of nitrogens with one attached hydrogen (secondary N) is 1. The number of thiophene rings is 4. The van der Waals surface area contributed by atoms with Crippen LogP contribution in [0.1, 0.15) is 96.0 Å². The monoisotopic (exact) mass is 2280 g/mol. The average Bonchev–Trinajstić information content (AvgIpc) is 1.36. The van der Waals surface area contributed by atoms with E-state index < -0.39 is 0 Å². The molecule has 0 unspecified atom stereocenters. The van der Waals surface area contributed by atoms with Gasteiger partial charge >= 0.3 is 74.4 Å². The predicted octanol–water partition coefficient (Wildman–Crippen LogP) is 27.2. The van der Waals surface area contributed by atoms with Gasteiger partial charge < -0.3 is 33.5 Å². The summed E-state index contributed by atoms with van der Waals surface area (Å²) in [6, 6.07) is 115. The zero-order valence-electron chi connectivity index (χ0n) is 79.6. The number of anilines is 11. The van der Waals surface area contributed by atoms with Crippen molar-refractivity contribution in [2.24, 2.45) is 0 Å². The Labute approximate surface area is 925 Å². The maximum absolute atomic E-state index is 3.86. The second kappa shape index (κ2) is 46.6. The van der Waals surface area contributed by atoms with Gasteiger partial charge in [0.2, 0.25) is 13.4 Å². The van der Waals surface area contributed by atoms with Gasteiger partial charge in [-0.1, -0.05) is 280 Å². The number of benzene rings is 15. The Balaban J connectivity index is 0.000000167. The molecule has 4 aromatic heterocycles. The summed E-state index contributed by atoms with van der Waals surface area (Å²) in [5.74, 6) is 0. The van der Waals surface area contributed by atoms with Crippen molar-refractivity contribution in [2.75, 3.05) is 20.0 Å². The molecule has 0 aliphatic carbocycles. The second-order valence-electron chi connectivity index (χ2n) is 34.6. The third-order valence-electron chi connectivity index (χ3n) is 23.7. The van der Waals surface area contributed by atoms with Gasteiger partial charge in [0.25, 0.3) is 0 Å². The molecule has 6 heterocycles. The van der Waals surface area contributed by atoms with Crippen molar-refractivity contribution in [3.63, 3.8) is 0 Å². The standard InChI is InChI=1S/C40H37B2NS.C22H16Br3NS.C22H19NS.C14H15N.C9H11.C8H5BrS.BrH.HI.K.Mg.H/c1-22-13-14-34-31(19-22)41(36-26(5)15-23(2)16-27(36)6)32-20-25(4)21-33-39(32)43(34)40-38(30-11-9-10-12-35(30)44-40)42(33)37-28(7)17-24(3)18-29(37)8;1-13-7-9-18(16(23)11-13)26(19-10-8-14(2)12-17(19)24)22-21(25)15-5-3-4-6-20(15)27-22;1-16-7-11-19(12-8-16)23(20-13-9-17(2)10-14-20)22-15-18-5-3-4-6-21(18)24-22;1-11-3-7-13(8-4-11)15-14-9-5-12(2)6-10-14;1-7-4-8(2)6-9(3)5-7;9-8-5-6-3-1-2-4-7(6)10-8;;;;;/h9-21H,1-8H3;3-12H,1-2H3;3-15H,1-2H3;3-10,15H,1-2H3;4-5H,1-3H3;1-5H;2*1H;;;/q;;;;-1;;;;+1;+2;-1/p-1. The zero-order chi connectivity index (χ0) is 90.7. The van der Waals surface area contributed by atoms with E-state index in [-0.39, 0.29) is 130 Å². The summed E-state index contributed by atoms with van der Waals surface area (Å²) in [4.78, 5) is 7.29. The largest absolute Gasteiger partial charge is 2.00 e.